The number of rotatable bonds is 1. The SMILES string of the molecule is CN1CC=NC=C1c1cc[c][nH]1. The summed E-state index contributed by atoms with van der Waals surface area (Å²) in [6.45, 7) is 0.866. The summed E-state index contributed by atoms with van der Waals surface area (Å²) in [6.07, 6.45) is 6.64. The average molecular weight is 160 g/mol. The van der Waals surface area contributed by atoms with E-state index in [9.17, 15) is 0 Å². The molecule has 0 bridgehead atoms. The van der Waals surface area contributed by atoms with E-state index in [4.69, 9.17) is 0 Å². The van der Waals surface area contributed by atoms with Crippen LogP contribution >= 0.6 is 0 Å². The lowest BCUT2D eigenvalue weighted by Gasteiger charge is -2.21. The number of hydrogen-bond acceptors (Lipinski definition) is 2. The smallest absolute Gasteiger partial charge is 0.0791 e. The van der Waals surface area contributed by atoms with Crippen LogP contribution in [0.3, 0.4) is 0 Å². The zero-order valence-electron chi connectivity index (χ0n) is 6.91. The van der Waals surface area contributed by atoms with Crippen molar-refractivity contribution in [1.29, 1.82) is 0 Å². The Balaban J connectivity index is 2.34. The Morgan fingerprint density at radius 3 is 3.25 bits per heavy atom. The van der Waals surface area contributed by atoms with E-state index >= 15 is 0 Å². The van der Waals surface area contributed by atoms with Gasteiger partial charge in [0.15, 0.2) is 0 Å². The Bertz CT molecular complexity index is 309. The van der Waals surface area contributed by atoms with E-state index < -0.39 is 0 Å². The number of nitrogens with one attached hydrogen (secondary N) is 1. The second-order valence-electron chi connectivity index (χ2n) is 2.74. The molecule has 3 heteroatoms. The molecule has 0 saturated heterocycles. The number of aromatic amines is 1. The second-order valence-corrected chi connectivity index (χ2v) is 2.74. The monoisotopic (exact) mass is 160 g/mol. The molecule has 3 nitrogen and oxygen atoms in total. The van der Waals surface area contributed by atoms with Gasteiger partial charge in [-0.15, -0.1) is 0 Å². The highest BCUT2D eigenvalue weighted by atomic mass is 15.1. The van der Waals surface area contributed by atoms with Crippen LogP contribution in [-0.2, 0) is 0 Å². The standard InChI is InChI=1S/C9H10N3/c1-12-6-5-10-7-9(12)8-3-2-4-11-8/h2-3,5,7,11H,6H2,1H3. The van der Waals surface area contributed by atoms with Gasteiger partial charge < -0.3 is 9.88 Å². The third-order valence-electron chi connectivity index (χ3n) is 1.89. The quantitative estimate of drug-likeness (QED) is 0.656. The summed E-state index contributed by atoms with van der Waals surface area (Å²) in [4.78, 5) is 9.26. The summed E-state index contributed by atoms with van der Waals surface area (Å²) in [5, 5.41) is 0. The van der Waals surface area contributed by atoms with Crippen molar-refractivity contribution >= 4 is 11.9 Å². The molecule has 1 aromatic heterocycles. The zero-order valence-corrected chi connectivity index (χ0v) is 6.91. The molecular weight excluding hydrogens is 150 g/mol. The van der Waals surface area contributed by atoms with Gasteiger partial charge in [0.2, 0.25) is 0 Å². The van der Waals surface area contributed by atoms with E-state index in [0.717, 1.165) is 17.9 Å². The van der Waals surface area contributed by atoms with Gasteiger partial charge in [-0.3, -0.25) is 4.99 Å². The number of aliphatic imine (C=N–C) groups is 1. The third-order valence-corrected chi connectivity index (χ3v) is 1.89. The molecule has 1 N–H and O–H groups in total. The van der Waals surface area contributed by atoms with Crippen LogP contribution in [0, 0.1) is 6.20 Å². The van der Waals surface area contributed by atoms with Crippen molar-refractivity contribution in [1.82, 2.24) is 9.88 Å². The van der Waals surface area contributed by atoms with Crippen LogP contribution in [0.5, 0.6) is 0 Å². The van der Waals surface area contributed by atoms with Crippen LogP contribution in [0.1, 0.15) is 5.69 Å². The molecule has 2 rings (SSSR count). The maximum atomic E-state index is 4.10. The lowest BCUT2D eigenvalue weighted by atomic mass is 10.3. The Labute approximate surface area is 71.4 Å². The van der Waals surface area contributed by atoms with E-state index in [-0.39, 0.29) is 0 Å². The predicted molar refractivity (Wildman–Crippen MR) is 48.7 cm³/mol. The maximum absolute atomic E-state index is 4.10. The van der Waals surface area contributed by atoms with Crippen LogP contribution < -0.4 is 0 Å². The minimum Gasteiger partial charge on any atom is -0.366 e. The van der Waals surface area contributed by atoms with Crippen molar-refractivity contribution < 1.29 is 0 Å². The Morgan fingerprint density at radius 2 is 2.58 bits per heavy atom. The molecule has 0 aliphatic carbocycles. The molecule has 2 heterocycles. The van der Waals surface area contributed by atoms with Gasteiger partial charge in [-0.25, -0.2) is 0 Å². The molecule has 0 fully saturated rings. The number of hydrogen-bond donors (Lipinski definition) is 1. The molecule has 1 aliphatic rings. The highest BCUT2D eigenvalue weighted by molar-refractivity contribution is 5.72. The van der Waals surface area contributed by atoms with Gasteiger partial charge in [-0.05, 0) is 12.1 Å². The molecule has 1 aliphatic heterocycles. The van der Waals surface area contributed by atoms with E-state index in [1.807, 2.05) is 31.6 Å². The summed E-state index contributed by atoms with van der Waals surface area (Å²) < 4.78 is 0. The maximum Gasteiger partial charge on any atom is 0.0791 e. The van der Waals surface area contributed by atoms with E-state index in [0.29, 0.717) is 0 Å². The third kappa shape index (κ3) is 1.13. The Hall–Kier alpha value is -1.51. The highest BCUT2D eigenvalue weighted by Gasteiger charge is 2.08. The first-order valence-electron chi connectivity index (χ1n) is 3.86. The molecule has 1 aromatic rings. The van der Waals surface area contributed by atoms with E-state index in [1.54, 1.807) is 0 Å². The molecule has 12 heavy (non-hydrogen) atoms. The van der Waals surface area contributed by atoms with Gasteiger partial charge in [0, 0.05) is 13.3 Å². The van der Waals surface area contributed by atoms with Gasteiger partial charge in [-0.2, -0.15) is 0 Å². The molecule has 61 valence electrons. The Morgan fingerprint density at radius 1 is 1.67 bits per heavy atom. The molecule has 0 saturated carbocycles. The molecule has 0 atom stereocenters. The normalized spacial score (nSPS) is 16.4. The summed E-state index contributed by atoms with van der Waals surface area (Å²) in [5.74, 6) is 0. The van der Waals surface area contributed by atoms with Crippen LogP contribution in [0.15, 0.2) is 23.3 Å². The summed E-state index contributed by atoms with van der Waals surface area (Å²) in [5.41, 5.74) is 2.17. The van der Waals surface area contributed by atoms with Gasteiger partial charge in [0.25, 0.3) is 0 Å². The number of nitrogens with zero attached hydrogens (tertiary/aromatic N) is 2. The Kier molecular flexibility index (Phi) is 1.70. The molecular formula is C9H10N3. The largest absolute Gasteiger partial charge is 0.366 e. The van der Waals surface area contributed by atoms with Gasteiger partial charge >= 0.3 is 0 Å². The molecule has 0 amide bonds. The first-order valence-corrected chi connectivity index (χ1v) is 3.86. The van der Waals surface area contributed by atoms with Crippen molar-refractivity contribution in [3.63, 3.8) is 0 Å². The van der Waals surface area contributed by atoms with Crippen molar-refractivity contribution in [2.75, 3.05) is 13.6 Å². The van der Waals surface area contributed by atoms with Crippen molar-refractivity contribution in [3.05, 3.63) is 30.2 Å². The number of aromatic nitrogens is 1. The van der Waals surface area contributed by atoms with Crippen LogP contribution in [-0.4, -0.2) is 29.7 Å². The van der Waals surface area contributed by atoms with Crippen LogP contribution in [0.2, 0.25) is 0 Å². The minimum atomic E-state index is 0.866. The fourth-order valence-electron chi connectivity index (χ4n) is 1.20. The summed E-state index contributed by atoms with van der Waals surface area (Å²) >= 11 is 0. The predicted octanol–water partition coefficient (Wildman–Crippen LogP) is 1.13. The molecule has 0 spiro atoms. The van der Waals surface area contributed by atoms with Crippen LogP contribution in [0.4, 0.5) is 0 Å². The topological polar surface area (TPSA) is 31.4 Å². The lowest BCUT2D eigenvalue weighted by Crippen LogP contribution is -2.21. The summed E-state index contributed by atoms with van der Waals surface area (Å²) in [6, 6.07) is 3.85. The van der Waals surface area contributed by atoms with E-state index in [2.05, 4.69) is 21.1 Å². The summed E-state index contributed by atoms with van der Waals surface area (Å²) in [7, 11) is 2.04. The molecule has 0 aromatic carbocycles. The second kappa shape index (κ2) is 2.85. The van der Waals surface area contributed by atoms with Crippen molar-refractivity contribution in [2.24, 2.45) is 4.99 Å². The van der Waals surface area contributed by atoms with Gasteiger partial charge in [-0.1, -0.05) is 0 Å². The first-order chi connectivity index (χ1) is 5.88. The minimum absolute atomic E-state index is 0.866. The lowest BCUT2D eigenvalue weighted by molar-refractivity contribution is 0.547. The fraction of sp³-hybridized carbons (Fsp3) is 0.222. The van der Waals surface area contributed by atoms with Crippen molar-refractivity contribution in [3.8, 4) is 0 Å². The number of H-pyrrole nitrogens is 1. The van der Waals surface area contributed by atoms with Crippen LogP contribution in [0.25, 0.3) is 5.70 Å². The zero-order chi connectivity index (χ0) is 8.39. The fourth-order valence-corrected chi connectivity index (χ4v) is 1.20. The molecule has 0 unspecified atom stereocenters. The van der Waals surface area contributed by atoms with E-state index in [1.165, 1.54) is 0 Å². The van der Waals surface area contributed by atoms with Crippen molar-refractivity contribution in [2.45, 2.75) is 0 Å². The average Bonchev–Trinajstić information content (AvgIpc) is 2.57. The highest BCUT2D eigenvalue weighted by Crippen LogP contribution is 2.16. The first kappa shape index (κ1) is 7.16. The van der Waals surface area contributed by atoms with Gasteiger partial charge in [0.1, 0.15) is 0 Å². The molecule has 1 radical (unpaired) electrons. The van der Waals surface area contributed by atoms with Gasteiger partial charge in [0.05, 0.1) is 30.3 Å².